The molecule has 1 unspecified atom stereocenters. The fourth-order valence-corrected chi connectivity index (χ4v) is 2.28. The van der Waals surface area contributed by atoms with Gasteiger partial charge >= 0.3 is 0 Å². The van der Waals surface area contributed by atoms with Gasteiger partial charge in [-0.3, -0.25) is 0 Å². The van der Waals surface area contributed by atoms with E-state index in [1.165, 1.54) is 12.1 Å². The Morgan fingerprint density at radius 2 is 1.79 bits per heavy atom. The molecule has 2 aromatic carbocycles. The lowest BCUT2D eigenvalue weighted by atomic mass is 10.1. The summed E-state index contributed by atoms with van der Waals surface area (Å²) < 4.78 is 12.9. The molecule has 0 radical (unpaired) electrons. The average Bonchev–Trinajstić information content (AvgIpc) is 2.62. The molecule has 24 heavy (non-hydrogen) atoms. The largest absolute Gasteiger partial charge is 0.362 e. The summed E-state index contributed by atoms with van der Waals surface area (Å²) in [7, 11) is 0. The number of hydrogen-bond acceptors (Lipinski definition) is 5. The van der Waals surface area contributed by atoms with Gasteiger partial charge in [-0.2, -0.15) is 10.1 Å². The van der Waals surface area contributed by atoms with Gasteiger partial charge in [-0.1, -0.05) is 42.5 Å². The third kappa shape index (κ3) is 4.25. The fourth-order valence-electron chi connectivity index (χ4n) is 2.28. The van der Waals surface area contributed by atoms with Gasteiger partial charge in [0.1, 0.15) is 5.82 Å². The number of benzene rings is 2. The van der Waals surface area contributed by atoms with Gasteiger partial charge in [0.15, 0.2) is 5.82 Å². The Hall–Kier alpha value is -3.02. The van der Waals surface area contributed by atoms with Crippen molar-refractivity contribution in [3.63, 3.8) is 0 Å². The predicted octanol–water partition coefficient (Wildman–Crippen LogP) is 3.80. The van der Waals surface area contributed by atoms with Crippen LogP contribution in [0.3, 0.4) is 0 Å². The summed E-state index contributed by atoms with van der Waals surface area (Å²) in [4.78, 5) is 4.40. The summed E-state index contributed by atoms with van der Waals surface area (Å²) in [6, 6.07) is 16.5. The van der Waals surface area contributed by atoms with Crippen LogP contribution in [0.2, 0.25) is 0 Å². The molecular formula is C18H18FN5. The third-order valence-corrected chi connectivity index (χ3v) is 3.59. The first kappa shape index (κ1) is 15.9. The molecule has 0 spiro atoms. The quantitative estimate of drug-likeness (QED) is 0.722. The summed E-state index contributed by atoms with van der Waals surface area (Å²) in [6.45, 7) is 2.56. The van der Waals surface area contributed by atoms with Crippen molar-refractivity contribution < 1.29 is 4.39 Å². The zero-order chi connectivity index (χ0) is 16.8. The van der Waals surface area contributed by atoms with E-state index >= 15 is 0 Å². The lowest BCUT2D eigenvalue weighted by Gasteiger charge is -2.15. The molecule has 1 atom stereocenters. The Bertz CT molecular complexity index is 777. The van der Waals surface area contributed by atoms with Crippen LogP contribution in [0.5, 0.6) is 0 Å². The fraction of sp³-hybridized carbons (Fsp3) is 0.167. The summed E-state index contributed by atoms with van der Waals surface area (Å²) >= 11 is 0. The van der Waals surface area contributed by atoms with Crippen molar-refractivity contribution in [3.05, 3.63) is 77.7 Å². The van der Waals surface area contributed by atoms with Gasteiger partial charge in [0.25, 0.3) is 0 Å². The Morgan fingerprint density at radius 1 is 1.04 bits per heavy atom. The maximum atomic E-state index is 12.9. The van der Waals surface area contributed by atoms with E-state index in [2.05, 4.69) is 44.9 Å². The molecular weight excluding hydrogens is 305 g/mol. The van der Waals surface area contributed by atoms with E-state index in [4.69, 9.17) is 0 Å². The molecule has 1 aromatic heterocycles. The number of nitrogens with one attached hydrogen (secondary N) is 2. The molecule has 5 nitrogen and oxygen atoms in total. The molecule has 0 aliphatic rings. The Morgan fingerprint density at radius 3 is 2.54 bits per heavy atom. The van der Waals surface area contributed by atoms with Gasteiger partial charge in [0, 0.05) is 12.6 Å². The van der Waals surface area contributed by atoms with Crippen LogP contribution < -0.4 is 10.6 Å². The van der Waals surface area contributed by atoms with Crippen LogP contribution in [0, 0.1) is 5.82 Å². The molecule has 122 valence electrons. The SMILES string of the molecule is CC(Nc1cnnc(NCc2ccc(F)cc2)n1)c1ccccc1. The summed E-state index contributed by atoms with van der Waals surface area (Å²) in [6.07, 6.45) is 1.59. The second-order valence-corrected chi connectivity index (χ2v) is 5.42. The third-order valence-electron chi connectivity index (χ3n) is 3.59. The molecule has 0 bridgehead atoms. The van der Waals surface area contributed by atoms with E-state index < -0.39 is 0 Å². The van der Waals surface area contributed by atoms with Crippen LogP contribution in [0.4, 0.5) is 16.2 Å². The van der Waals surface area contributed by atoms with Crippen molar-refractivity contribution in [2.24, 2.45) is 0 Å². The molecule has 0 amide bonds. The van der Waals surface area contributed by atoms with Gasteiger partial charge < -0.3 is 10.6 Å². The molecule has 6 heteroatoms. The van der Waals surface area contributed by atoms with Gasteiger partial charge in [0.05, 0.1) is 6.20 Å². The highest BCUT2D eigenvalue weighted by molar-refractivity contribution is 5.40. The average molecular weight is 323 g/mol. The van der Waals surface area contributed by atoms with Crippen molar-refractivity contribution in [2.45, 2.75) is 19.5 Å². The highest BCUT2D eigenvalue weighted by atomic mass is 19.1. The molecule has 0 saturated heterocycles. The summed E-state index contributed by atoms with van der Waals surface area (Å²) in [5.41, 5.74) is 2.10. The predicted molar refractivity (Wildman–Crippen MR) is 92.0 cm³/mol. The number of hydrogen-bond donors (Lipinski definition) is 2. The van der Waals surface area contributed by atoms with Crippen LogP contribution in [0.15, 0.2) is 60.8 Å². The molecule has 3 rings (SSSR count). The van der Waals surface area contributed by atoms with Crippen LogP contribution in [-0.2, 0) is 6.54 Å². The lowest BCUT2D eigenvalue weighted by Crippen LogP contribution is -2.11. The highest BCUT2D eigenvalue weighted by Gasteiger charge is 2.07. The minimum atomic E-state index is -0.252. The first-order valence-electron chi connectivity index (χ1n) is 7.70. The van der Waals surface area contributed by atoms with Crippen molar-refractivity contribution in [3.8, 4) is 0 Å². The topological polar surface area (TPSA) is 62.7 Å². The van der Waals surface area contributed by atoms with E-state index in [1.54, 1.807) is 18.3 Å². The molecule has 0 fully saturated rings. The maximum Gasteiger partial charge on any atom is 0.244 e. The number of aromatic nitrogens is 3. The second kappa shape index (κ2) is 7.50. The first-order valence-corrected chi connectivity index (χ1v) is 7.70. The monoisotopic (exact) mass is 323 g/mol. The van der Waals surface area contributed by atoms with E-state index in [9.17, 15) is 4.39 Å². The van der Waals surface area contributed by atoms with Crippen LogP contribution >= 0.6 is 0 Å². The first-order chi connectivity index (χ1) is 11.7. The smallest absolute Gasteiger partial charge is 0.244 e. The van der Waals surface area contributed by atoms with Gasteiger partial charge in [-0.25, -0.2) is 4.39 Å². The number of rotatable bonds is 6. The number of anilines is 2. The Balaban J connectivity index is 1.62. The van der Waals surface area contributed by atoms with Gasteiger partial charge in [-0.05, 0) is 30.2 Å². The van der Waals surface area contributed by atoms with Crippen molar-refractivity contribution in [1.29, 1.82) is 0 Å². The van der Waals surface area contributed by atoms with Crippen LogP contribution in [0.1, 0.15) is 24.1 Å². The van der Waals surface area contributed by atoms with E-state index in [1.807, 2.05) is 18.2 Å². The summed E-state index contributed by atoms with van der Waals surface area (Å²) in [5, 5.41) is 14.3. The normalized spacial score (nSPS) is 11.8. The van der Waals surface area contributed by atoms with Crippen LogP contribution in [-0.4, -0.2) is 15.2 Å². The zero-order valence-corrected chi connectivity index (χ0v) is 13.3. The van der Waals surface area contributed by atoms with Crippen molar-refractivity contribution >= 4 is 11.8 Å². The van der Waals surface area contributed by atoms with E-state index in [0.717, 1.165) is 11.1 Å². The molecule has 1 heterocycles. The highest BCUT2D eigenvalue weighted by Crippen LogP contribution is 2.17. The molecule has 0 aliphatic carbocycles. The molecule has 2 N–H and O–H groups in total. The lowest BCUT2D eigenvalue weighted by molar-refractivity contribution is 0.627. The van der Waals surface area contributed by atoms with Crippen molar-refractivity contribution in [1.82, 2.24) is 15.2 Å². The molecule has 3 aromatic rings. The summed E-state index contributed by atoms with van der Waals surface area (Å²) in [5.74, 6) is 0.810. The molecule has 0 saturated carbocycles. The number of nitrogens with zero attached hydrogens (tertiary/aromatic N) is 3. The second-order valence-electron chi connectivity index (χ2n) is 5.42. The van der Waals surface area contributed by atoms with E-state index in [0.29, 0.717) is 18.3 Å². The standard InChI is InChI=1S/C18H18FN5/c1-13(15-5-3-2-4-6-15)22-17-12-21-24-18(23-17)20-11-14-7-9-16(19)10-8-14/h2-10,12-13H,11H2,1H3,(H2,20,22,23,24). The van der Waals surface area contributed by atoms with Crippen LogP contribution in [0.25, 0.3) is 0 Å². The van der Waals surface area contributed by atoms with E-state index in [-0.39, 0.29) is 11.9 Å². The maximum absolute atomic E-state index is 12.9. The number of halogens is 1. The molecule has 0 aliphatic heterocycles. The zero-order valence-electron chi connectivity index (χ0n) is 13.3. The van der Waals surface area contributed by atoms with Gasteiger partial charge in [-0.15, -0.1) is 5.10 Å². The minimum Gasteiger partial charge on any atom is -0.362 e. The Kier molecular flexibility index (Phi) is 4.96. The minimum absolute atomic E-state index is 0.104. The van der Waals surface area contributed by atoms with Gasteiger partial charge in [0.2, 0.25) is 5.95 Å². The van der Waals surface area contributed by atoms with Crippen molar-refractivity contribution in [2.75, 3.05) is 10.6 Å². The Labute approximate surface area is 140 Å².